The van der Waals surface area contributed by atoms with Gasteiger partial charge in [0.05, 0.1) is 12.2 Å². The Balaban J connectivity index is 2.47. The van der Waals surface area contributed by atoms with Crippen LogP contribution >= 0.6 is 0 Å². The van der Waals surface area contributed by atoms with Crippen molar-refractivity contribution in [3.63, 3.8) is 0 Å². The fourth-order valence-corrected chi connectivity index (χ4v) is 1.81. The maximum Gasteiger partial charge on any atom is 0.163 e. The lowest BCUT2D eigenvalue weighted by Gasteiger charge is -2.39. The van der Waals surface area contributed by atoms with E-state index in [-0.39, 0.29) is 0 Å². The van der Waals surface area contributed by atoms with Crippen LogP contribution in [0.5, 0.6) is 0 Å². The molecular formula is C11H20O2. The van der Waals surface area contributed by atoms with Gasteiger partial charge in [-0.1, -0.05) is 12.2 Å². The molecule has 1 rings (SSSR count). The lowest BCUT2D eigenvalue weighted by atomic mass is 10.1. The highest BCUT2D eigenvalue weighted by Crippen LogP contribution is 2.27. The highest BCUT2D eigenvalue weighted by Gasteiger charge is 2.32. The molecule has 1 heterocycles. The van der Waals surface area contributed by atoms with Gasteiger partial charge in [-0.3, -0.25) is 0 Å². The zero-order valence-corrected chi connectivity index (χ0v) is 9.04. The van der Waals surface area contributed by atoms with Crippen LogP contribution < -0.4 is 0 Å². The second-order valence-corrected chi connectivity index (χ2v) is 4.11. The van der Waals surface area contributed by atoms with Crippen LogP contribution in [0, 0.1) is 0 Å². The Bertz CT molecular complexity index is 185. The molecule has 2 nitrogen and oxygen atoms in total. The molecule has 1 aliphatic heterocycles. The Labute approximate surface area is 80.9 Å². The SMILES string of the molecule is C/C=C/C[C@H]1C[C@@H](C)OC(C)(C)O1. The second-order valence-electron chi connectivity index (χ2n) is 4.11. The first-order chi connectivity index (χ1) is 6.03. The quantitative estimate of drug-likeness (QED) is 0.614. The van der Waals surface area contributed by atoms with Crippen molar-refractivity contribution in [3.8, 4) is 0 Å². The van der Waals surface area contributed by atoms with Crippen molar-refractivity contribution in [1.29, 1.82) is 0 Å². The van der Waals surface area contributed by atoms with Gasteiger partial charge in [0.25, 0.3) is 0 Å². The van der Waals surface area contributed by atoms with Gasteiger partial charge >= 0.3 is 0 Å². The molecule has 0 spiro atoms. The average molecular weight is 184 g/mol. The zero-order chi connectivity index (χ0) is 9.90. The van der Waals surface area contributed by atoms with E-state index < -0.39 is 5.79 Å². The normalized spacial score (nSPS) is 33.8. The zero-order valence-electron chi connectivity index (χ0n) is 9.04. The number of hydrogen-bond donors (Lipinski definition) is 0. The lowest BCUT2D eigenvalue weighted by Crippen LogP contribution is -2.43. The summed E-state index contributed by atoms with van der Waals surface area (Å²) in [5, 5.41) is 0. The predicted octanol–water partition coefficient (Wildman–Crippen LogP) is 2.88. The molecule has 2 heteroatoms. The molecule has 2 atom stereocenters. The molecule has 1 aliphatic rings. The molecule has 0 N–H and O–H groups in total. The van der Waals surface area contributed by atoms with Crippen LogP contribution in [0.1, 0.15) is 40.5 Å². The molecule has 1 fully saturated rings. The summed E-state index contributed by atoms with van der Waals surface area (Å²) >= 11 is 0. The first-order valence-corrected chi connectivity index (χ1v) is 5.00. The molecule has 1 saturated heterocycles. The van der Waals surface area contributed by atoms with E-state index in [1.807, 2.05) is 20.8 Å². The van der Waals surface area contributed by atoms with Gasteiger partial charge < -0.3 is 9.47 Å². The van der Waals surface area contributed by atoms with Crippen LogP contribution in [0.3, 0.4) is 0 Å². The minimum atomic E-state index is -0.413. The van der Waals surface area contributed by atoms with E-state index in [9.17, 15) is 0 Å². The van der Waals surface area contributed by atoms with Crippen molar-refractivity contribution in [1.82, 2.24) is 0 Å². The van der Waals surface area contributed by atoms with E-state index >= 15 is 0 Å². The topological polar surface area (TPSA) is 18.5 Å². The van der Waals surface area contributed by atoms with E-state index in [2.05, 4.69) is 19.1 Å². The first-order valence-electron chi connectivity index (χ1n) is 5.00. The number of rotatable bonds is 2. The summed E-state index contributed by atoms with van der Waals surface area (Å²) in [7, 11) is 0. The van der Waals surface area contributed by atoms with E-state index in [0.29, 0.717) is 12.2 Å². The molecule has 0 aliphatic carbocycles. The Kier molecular flexibility index (Phi) is 3.51. The number of hydrogen-bond acceptors (Lipinski definition) is 2. The van der Waals surface area contributed by atoms with Crippen molar-refractivity contribution < 1.29 is 9.47 Å². The highest BCUT2D eigenvalue weighted by atomic mass is 16.7. The van der Waals surface area contributed by atoms with Crippen LogP contribution in [0.2, 0.25) is 0 Å². The summed E-state index contributed by atoms with van der Waals surface area (Å²) in [6.45, 7) is 8.09. The smallest absolute Gasteiger partial charge is 0.163 e. The minimum absolute atomic E-state index is 0.305. The Morgan fingerprint density at radius 2 is 2.08 bits per heavy atom. The summed E-state index contributed by atoms with van der Waals surface area (Å²) < 4.78 is 11.4. The largest absolute Gasteiger partial charge is 0.347 e. The van der Waals surface area contributed by atoms with Crippen LogP contribution in [0.25, 0.3) is 0 Å². The summed E-state index contributed by atoms with van der Waals surface area (Å²) in [5.74, 6) is -0.413. The Morgan fingerprint density at radius 1 is 1.38 bits per heavy atom. The fourth-order valence-electron chi connectivity index (χ4n) is 1.81. The monoisotopic (exact) mass is 184 g/mol. The van der Waals surface area contributed by atoms with Crippen molar-refractivity contribution >= 4 is 0 Å². The van der Waals surface area contributed by atoms with Gasteiger partial charge in [-0.2, -0.15) is 0 Å². The maximum absolute atomic E-state index is 5.77. The van der Waals surface area contributed by atoms with Crippen molar-refractivity contribution in [2.24, 2.45) is 0 Å². The Morgan fingerprint density at radius 3 is 2.62 bits per heavy atom. The molecular weight excluding hydrogens is 164 g/mol. The lowest BCUT2D eigenvalue weighted by molar-refractivity contribution is -0.295. The minimum Gasteiger partial charge on any atom is -0.347 e. The molecule has 0 bridgehead atoms. The molecule has 0 aromatic carbocycles. The predicted molar refractivity (Wildman–Crippen MR) is 53.5 cm³/mol. The first kappa shape index (κ1) is 10.7. The summed E-state index contributed by atoms with van der Waals surface area (Å²) in [5.41, 5.74) is 0. The maximum atomic E-state index is 5.77. The molecule has 0 aromatic heterocycles. The van der Waals surface area contributed by atoms with Crippen molar-refractivity contribution in [3.05, 3.63) is 12.2 Å². The van der Waals surface area contributed by atoms with Gasteiger partial charge in [0.1, 0.15) is 0 Å². The summed E-state index contributed by atoms with van der Waals surface area (Å²) in [6, 6.07) is 0. The van der Waals surface area contributed by atoms with Crippen molar-refractivity contribution in [2.75, 3.05) is 0 Å². The number of allylic oxidation sites excluding steroid dienone is 1. The van der Waals surface area contributed by atoms with Crippen LogP contribution in [-0.2, 0) is 9.47 Å². The molecule has 0 unspecified atom stereocenters. The average Bonchev–Trinajstić information content (AvgIpc) is 1.97. The third-order valence-corrected chi connectivity index (χ3v) is 2.16. The van der Waals surface area contributed by atoms with Crippen LogP contribution in [0.4, 0.5) is 0 Å². The fraction of sp³-hybridized carbons (Fsp3) is 0.818. The third kappa shape index (κ3) is 3.49. The van der Waals surface area contributed by atoms with Gasteiger partial charge in [0.2, 0.25) is 0 Å². The van der Waals surface area contributed by atoms with Gasteiger partial charge in [-0.25, -0.2) is 0 Å². The van der Waals surface area contributed by atoms with E-state index in [4.69, 9.17) is 9.47 Å². The second kappa shape index (κ2) is 4.25. The highest BCUT2D eigenvalue weighted by molar-refractivity contribution is 4.84. The summed E-state index contributed by atoms with van der Waals surface area (Å²) in [4.78, 5) is 0. The molecule has 0 amide bonds. The van der Waals surface area contributed by atoms with Gasteiger partial charge in [-0.15, -0.1) is 0 Å². The van der Waals surface area contributed by atoms with Gasteiger partial charge in [-0.05, 0) is 34.1 Å². The van der Waals surface area contributed by atoms with Crippen LogP contribution in [-0.4, -0.2) is 18.0 Å². The molecule has 0 radical (unpaired) electrons. The van der Waals surface area contributed by atoms with Gasteiger partial charge in [0, 0.05) is 6.42 Å². The van der Waals surface area contributed by atoms with E-state index in [1.165, 1.54) is 0 Å². The van der Waals surface area contributed by atoms with Crippen LogP contribution in [0.15, 0.2) is 12.2 Å². The standard InChI is InChI=1S/C11H20O2/c1-5-6-7-10-8-9(2)12-11(3,4)13-10/h5-6,9-10H,7-8H2,1-4H3/b6-5+/t9-,10+/m1/s1. The van der Waals surface area contributed by atoms with Crippen molar-refractivity contribution in [2.45, 2.75) is 58.5 Å². The molecule has 13 heavy (non-hydrogen) atoms. The van der Waals surface area contributed by atoms with Gasteiger partial charge in [0.15, 0.2) is 5.79 Å². The third-order valence-electron chi connectivity index (χ3n) is 2.16. The van der Waals surface area contributed by atoms with E-state index in [0.717, 1.165) is 12.8 Å². The molecule has 0 aromatic rings. The van der Waals surface area contributed by atoms with E-state index in [1.54, 1.807) is 0 Å². The summed E-state index contributed by atoms with van der Waals surface area (Å²) in [6.07, 6.45) is 6.82. The number of ether oxygens (including phenoxy) is 2. The molecule has 0 saturated carbocycles. The Hall–Kier alpha value is -0.340. The molecule has 76 valence electrons.